The first-order chi connectivity index (χ1) is 18.1. The van der Waals surface area contributed by atoms with Gasteiger partial charge >= 0.3 is 0 Å². The Kier molecular flexibility index (Phi) is 6.58. The maximum atomic E-state index is 13.1. The second-order valence-electron chi connectivity index (χ2n) is 7.97. The van der Waals surface area contributed by atoms with E-state index in [1.165, 1.54) is 6.07 Å². The Morgan fingerprint density at radius 1 is 0.892 bits per heavy atom. The van der Waals surface area contributed by atoms with Gasteiger partial charge < -0.3 is 29.0 Å². The van der Waals surface area contributed by atoms with Gasteiger partial charge in [0.05, 0.1) is 13.7 Å². The number of rotatable bonds is 8. The van der Waals surface area contributed by atoms with E-state index in [0.29, 0.717) is 34.8 Å². The van der Waals surface area contributed by atoms with E-state index in [1.807, 2.05) is 31.2 Å². The Hall–Kier alpha value is -5.05. The van der Waals surface area contributed by atoms with Gasteiger partial charge in [0.1, 0.15) is 22.8 Å². The SMILES string of the molecule is CCOc1ccc(-c2cc(C(=O)Nc3c(C(=O)Nc4ccc(OC)cc4)oc4ccccc34)no2)cc1. The fourth-order valence-electron chi connectivity index (χ4n) is 3.77. The van der Waals surface area contributed by atoms with E-state index in [4.69, 9.17) is 18.4 Å². The normalized spacial score (nSPS) is 10.8. The molecule has 0 saturated carbocycles. The van der Waals surface area contributed by atoms with E-state index in [2.05, 4.69) is 15.8 Å². The van der Waals surface area contributed by atoms with Crippen molar-refractivity contribution in [2.45, 2.75) is 6.92 Å². The van der Waals surface area contributed by atoms with Crippen molar-refractivity contribution < 1.29 is 28.0 Å². The number of nitrogens with zero attached hydrogens (tertiary/aromatic N) is 1. The minimum absolute atomic E-state index is 0.0411. The lowest BCUT2D eigenvalue weighted by Crippen LogP contribution is -2.17. The van der Waals surface area contributed by atoms with Crippen LogP contribution >= 0.6 is 0 Å². The Morgan fingerprint density at radius 2 is 1.62 bits per heavy atom. The van der Waals surface area contributed by atoms with Crippen molar-refractivity contribution in [3.8, 4) is 22.8 Å². The summed E-state index contributed by atoms with van der Waals surface area (Å²) in [5.74, 6) is 0.698. The van der Waals surface area contributed by atoms with Crippen LogP contribution in [0.5, 0.6) is 11.5 Å². The molecule has 37 heavy (non-hydrogen) atoms. The van der Waals surface area contributed by atoms with Gasteiger partial charge in [-0.2, -0.15) is 0 Å². The minimum Gasteiger partial charge on any atom is -0.497 e. The van der Waals surface area contributed by atoms with Gasteiger partial charge in [0.25, 0.3) is 11.8 Å². The molecule has 0 unspecified atom stereocenters. The maximum Gasteiger partial charge on any atom is 0.293 e. The van der Waals surface area contributed by atoms with Crippen LogP contribution in [-0.4, -0.2) is 30.7 Å². The van der Waals surface area contributed by atoms with Gasteiger partial charge in [-0.3, -0.25) is 9.59 Å². The predicted molar refractivity (Wildman–Crippen MR) is 138 cm³/mol. The van der Waals surface area contributed by atoms with Crippen molar-refractivity contribution in [1.82, 2.24) is 5.16 Å². The van der Waals surface area contributed by atoms with Gasteiger partial charge in [-0.1, -0.05) is 17.3 Å². The molecule has 0 bridgehead atoms. The molecule has 0 radical (unpaired) electrons. The zero-order chi connectivity index (χ0) is 25.8. The van der Waals surface area contributed by atoms with Crippen LogP contribution in [0.15, 0.2) is 87.8 Å². The van der Waals surface area contributed by atoms with E-state index >= 15 is 0 Å². The fourth-order valence-corrected chi connectivity index (χ4v) is 3.77. The molecule has 0 saturated heterocycles. The van der Waals surface area contributed by atoms with Crippen molar-refractivity contribution in [2.75, 3.05) is 24.4 Å². The monoisotopic (exact) mass is 497 g/mol. The zero-order valence-corrected chi connectivity index (χ0v) is 20.1. The number of fused-ring (bicyclic) bond motifs is 1. The van der Waals surface area contributed by atoms with E-state index in [0.717, 1.165) is 11.3 Å². The van der Waals surface area contributed by atoms with Crippen molar-refractivity contribution in [2.24, 2.45) is 0 Å². The highest BCUT2D eigenvalue weighted by atomic mass is 16.5. The number of anilines is 2. The number of nitrogens with one attached hydrogen (secondary N) is 2. The number of aromatic nitrogens is 1. The van der Waals surface area contributed by atoms with Crippen LogP contribution in [-0.2, 0) is 0 Å². The molecule has 9 nitrogen and oxygen atoms in total. The molecule has 2 heterocycles. The van der Waals surface area contributed by atoms with Crippen LogP contribution in [0.2, 0.25) is 0 Å². The summed E-state index contributed by atoms with van der Waals surface area (Å²) in [6.07, 6.45) is 0. The first-order valence-electron chi connectivity index (χ1n) is 11.5. The average Bonchev–Trinajstić information content (AvgIpc) is 3.56. The van der Waals surface area contributed by atoms with Gasteiger partial charge in [0, 0.05) is 22.7 Å². The van der Waals surface area contributed by atoms with Crippen molar-refractivity contribution >= 4 is 34.2 Å². The smallest absolute Gasteiger partial charge is 0.293 e. The highest BCUT2D eigenvalue weighted by Crippen LogP contribution is 2.32. The Bertz CT molecular complexity index is 1550. The van der Waals surface area contributed by atoms with E-state index in [1.54, 1.807) is 55.6 Å². The van der Waals surface area contributed by atoms with Gasteiger partial charge in [-0.05, 0) is 67.6 Å². The standard InChI is InChI=1S/C28H23N3O6/c1-3-35-20-12-8-17(9-13-20)24-16-22(31-37-24)27(32)30-25-21-6-4-5-7-23(21)36-26(25)28(33)29-18-10-14-19(34-2)15-11-18/h4-16H,3H2,1-2H3,(H,29,33)(H,30,32). The molecule has 0 spiro atoms. The van der Waals surface area contributed by atoms with E-state index < -0.39 is 11.8 Å². The number of furan rings is 1. The molecule has 0 fully saturated rings. The highest BCUT2D eigenvalue weighted by Gasteiger charge is 2.24. The summed E-state index contributed by atoms with van der Waals surface area (Å²) >= 11 is 0. The number of carbonyl (C=O) groups is 2. The van der Waals surface area contributed by atoms with E-state index in [9.17, 15) is 9.59 Å². The Balaban J connectivity index is 1.39. The van der Waals surface area contributed by atoms with Crippen LogP contribution in [0.1, 0.15) is 28.0 Å². The summed E-state index contributed by atoms with van der Waals surface area (Å²) in [7, 11) is 1.56. The topological polar surface area (TPSA) is 116 Å². The number of benzene rings is 3. The Morgan fingerprint density at radius 3 is 2.35 bits per heavy atom. The molecular weight excluding hydrogens is 474 g/mol. The molecule has 0 atom stereocenters. The fraction of sp³-hybridized carbons (Fsp3) is 0.107. The van der Waals surface area contributed by atoms with Crippen molar-refractivity contribution in [1.29, 1.82) is 0 Å². The third-order valence-corrected chi connectivity index (χ3v) is 5.58. The second-order valence-corrected chi connectivity index (χ2v) is 7.97. The third-order valence-electron chi connectivity index (χ3n) is 5.58. The summed E-state index contributed by atoms with van der Waals surface area (Å²) in [5.41, 5.74) is 2.02. The van der Waals surface area contributed by atoms with Crippen LogP contribution < -0.4 is 20.1 Å². The molecule has 0 aliphatic carbocycles. The third kappa shape index (κ3) is 5.01. The number of carbonyl (C=O) groups excluding carboxylic acids is 2. The number of methoxy groups -OCH3 is 1. The number of hydrogen-bond donors (Lipinski definition) is 2. The quantitative estimate of drug-likeness (QED) is 0.270. The number of para-hydroxylation sites is 1. The lowest BCUT2D eigenvalue weighted by atomic mass is 10.1. The van der Waals surface area contributed by atoms with Gasteiger partial charge in [-0.15, -0.1) is 0 Å². The largest absolute Gasteiger partial charge is 0.497 e. The first kappa shape index (κ1) is 23.7. The molecule has 2 amide bonds. The van der Waals surface area contributed by atoms with Crippen LogP contribution in [0.25, 0.3) is 22.3 Å². The number of hydrogen-bond acceptors (Lipinski definition) is 7. The minimum atomic E-state index is -0.550. The zero-order valence-electron chi connectivity index (χ0n) is 20.1. The second kappa shape index (κ2) is 10.3. The molecule has 3 aromatic carbocycles. The highest BCUT2D eigenvalue weighted by molar-refractivity contribution is 6.16. The lowest BCUT2D eigenvalue weighted by Gasteiger charge is -2.07. The summed E-state index contributed by atoms with van der Waals surface area (Å²) < 4.78 is 21.8. The number of ether oxygens (including phenoxy) is 2. The number of amides is 2. The van der Waals surface area contributed by atoms with Crippen LogP contribution in [0, 0.1) is 0 Å². The van der Waals surface area contributed by atoms with Gasteiger partial charge in [-0.25, -0.2) is 0 Å². The molecule has 2 aromatic heterocycles. The molecular formula is C28H23N3O6. The van der Waals surface area contributed by atoms with E-state index in [-0.39, 0.29) is 17.1 Å². The average molecular weight is 498 g/mol. The molecule has 186 valence electrons. The maximum absolute atomic E-state index is 13.1. The van der Waals surface area contributed by atoms with Crippen LogP contribution in [0.4, 0.5) is 11.4 Å². The summed E-state index contributed by atoms with van der Waals surface area (Å²) in [6, 6.07) is 22.7. The summed E-state index contributed by atoms with van der Waals surface area (Å²) in [6.45, 7) is 2.47. The summed E-state index contributed by atoms with van der Waals surface area (Å²) in [5, 5.41) is 10.0. The molecule has 9 heteroatoms. The van der Waals surface area contributed by atoms with Gasteiger partial charge in [0.15, 0.2) is 11.5 Å². The molecule has 2 N–H and O–H groups in total. The molecule has 0 aliphatic rings. The van der Waals surface area contributed by atoms with Crippen molar-refractivity contribution in [3.05, 3.63) is 90.3 Å². The summed E-state index contributed by atoms with van der Waals surface area (Å²) in [4.78, 5) is 26.2. The molecule has 5 rings (SSSR count). The predicted octanol–water partition coefficient (Wildman–Crippen LogP) is 6.00. The lowest BCUT2D eigenvalue weighted by molar-refractivity contribution is 0.0999. The first-order valence-corrected chi connectivity index (χ1v) is 11.5. The van der Waals surface area contributed by atoms with Crippen LogP contribution in [0.3, 0.4) is 0 Å². The molecule has 0 aliphatic heterocycles. The Labute approximate surface area is 212 Å². The van der Waals surface area contributed by atoms with Crippen molar-refractivity contribution in [3.63, 3.8) is 0 Å². The van der Waals surface area contributed by atoms with Gasteiger partial charge in [0.2, 0.25) is 5.76 Å². The molecule has 5 aromatic rings.